The van der Waals surface area contributed by atoms with E-state index in [2.05, 4.69) is 10.6 Å². The molecule has 2 aromatic rings. The minimum atomic E-state index is -1.74. The Kier molecular flexibility index (Phi) is 9.37. The van der Waals surface area contributed by atoms with Gasteiger partial charge in [0.25, 0.3) is 0 Å². The van der Waals surface area contributed by atoms with Gasteiger partial charge in [0.05, 0.1) is 5.94 Å². The van der Waals surface area contributed by atoms with Crippen molar-refractivity contribution in [1.82, 2.24) is 10.6 Å². The van der Waals surface area contributed by atoms with Gasteiger partial charge in [-0.1, -0.05) is 74.5 Å². The van der Waals surface area contributed by atoms with Crippen LogP contribution < -0.4 is 10.6 Å². The first-order valence-electron chi connectivity index (χ1n) is 10.0. The number of nitrogens with one attached hydrogen (secondary N) is 2. The van der Waals surface area contributed by atoms with E-state index in [1.807, 2.05) is 74.5 Å². The third kappa shape index (κ3) is 8.27. The van der Waals surface area contributed by atoms with Crippen LogP contribution in [0.3, 0.4) is 0 Å². The van der Waals surface area contributed by atoms with Gasteiger partial charge >= 0.3 is 13.2 Å². The summed E-state index contributed by atoms with van der Waals surface area (Å²) >= 11 is 0. The second-order valence-electron chi connectivity index (χ2n) is 7.61. The lowest BCUT2D eigenvalue weighted by Gasteiger charge is -2.24. The number of amides is 2. The highest BCUT2D eigenvalue weighted by atomic mass is 16.5. The number of benzene rings is 2. The van der Waals surface area contributed by atoms with E-state index in [0.717, 1.165) is 11.1 Å². The molecule has 0 aromatic heterocycles. The monoisotopic (exact) mass is 412 g/mol. The van der Waals surface area contributed by atoms with E-state index >= 15 is 0 Å². The molecule has 0 bridgehead atoms. The molecule has 0 saturated heterocycles. The summed E-state index contributed by atoms with van der Waals surface area (Å²) in [5.74, 6) is -1.27. The maximum atomic E-state index is 12.8. The summed E-state index contributed by atoms with van der Waals surface area (Å²) in [7, 11) is -1.74. The lowest BCUT2D eigenvalue weighted by atomic mass is 9.75. The van der Waals surface area contributed by atoms with Gasteiger partial charge < -0.3 is 25.4 Å². The van der Waals surface area contributed by atoms with Crippen LogP contribution in [0, 0.1) is 5.92 Å². The first-order chi connectivity index (χ1) is 14.3. The smallest absolute Gasteiger partial charge is 0.445 e. The van der Waals surface area contributed by atoms with Crippen molar-refractivity contribution in [3.8, 4) is 0 Å². The van der Waals surface area contributed by atoms with E-state index in [1.54, 1.807) is 0 Å². The molecule has 160 valence electrons. The van der Waals surface area contributed by atoms with E-state index in [-0.39, 0.29) is 18.9 Å². The molecular weight excluding hydrogens is 383 g/mol. The van der Waals surface area contributed by atoms with E-state index < -0.39 is 31.1 Å². The van der Waals surface area contributed by atoms with Crippen molar-refractivity contribution in [3.63, 3.8) is 0 Å². The molecule has 4 N–H and O–H groups in total. The summed E-state index contributed by atoms with van der Waals surface area (Å²) in [6.45, 7) is 3.95. The summed E-state index contributed by atoms with van der Waals surface area (Å²) in [6.07, 6.45) is -0.0769. The quantitative estimate of drug-likeness (QED) is 0.447. The van der Waals surface area contributed by atoms with Gasteiger partial charge in [-0.25, -0.2) is 4.79 Å². The normalized spacial score (nSPS) is 12.7. The molecule has 7 nitrogen and oxygen atoms in total. The molecule has 0 aliphatic rings. The molecule has 8 heteroatoms. The summed E-state index contributed by atoms with van der Waals surface area (Å²) in [5.41, 5.74) is 1.69. The van der Waals surface area contributed by atoms with Crippen molar-refractivity contribution in [2.45, 2.75) is 45.3 Å². The van der Waals surface area contributed by atoms with Crippen LogP contribution in [-0.2, 0) is 22.6 Å². The molecule has 30 heavy (non-hydrogen) atoms. The highest BCUT2D eigenvalue weighted by Crippen LogP contribution is 2.09. The molecule has 0 saturated carbocycles. The summed E-state index contributed by atoms with van der Waals surface area (Å²) in [6, 6.07) is 17.6. The van der Waals surface area contributed by atoms with Crippen LogP contribution in [-0.4, -0.2) is 41.1 Å². The predicted octanol–water partition coefficient (Wildman–Crippen LogP) is 2.07. The zero-order valence-electron chi connectivity index (χ0n) is 17.3. The van der Waals surface area contributed by atoms with Gasteiger partial charge in [0.1, 0.15) is 12.6 Å². The first kappa shape index (κ1) is 23.4. The zero-order chi connectivity index (χ0) is 21.9. The average Bonchev–Trinajstić information content (AvgIpc) is 2.72. The Morgan fingerprint density at radius 3 is 2.03 bits per heavy atom. The molecule has 0 spiro atoms. The fraction of sp³-hybridized carbons (Fsp3) is 0.364. The first-order valence-corrected chi connectivity index (χ1v) is 10.0. The standard InChI is InChI=1S/C22H29BN2O5/c1-16(2)13-19(24-22(27)30-15-18-11-7-4-8-12-18)21(26)25-20(23(28)29)14-17-9-5-3-6-10-17/h3-12,16,19-20,28-29H,13-15H2,1-2H3,(H,24,27)(H,25,26)/t19-,20-/m0/s1. The third-order valence-electron chi connectivity index (χ3n) is 4.51. The van der Waals surface area contributed by atoms with Crippen LogP contribution in [0.4, 0.5) is 4.79 Å². The molecule has 2 aromatic carbocycles. The number of hydrogen-bond donors (Lipinski definition) is 4. The van der Waals surface area contributed by atoms with E-state index in [1.165, 1.54) is 0 Å². The Hall–Kier alpha value is -2.84. The maximum Gasteiger partial charge on any atom is 0.475 e. The molecule has 2 amide bonds. The van der Waals surface area contributed by atoms with Crippen molar-refractivity contribution in [3.05, 3.63) is 71.8 Å². The second kappa shape index (κ2) is 12.0. The molecule has 0 aliphatic heterocycles. The number of carbonyl (C=O) groups is 2. The van der Waals surface area contributed by atoms with Gasteiger partial charge in [0.2, 0.25) is 5.91 Å². The largest absolute Gasteiger partial charge is 0.475 e. The van der Waals surface area contributed by atoms with Crippen molar-refractivity contribution in [2.24, 2.45) is 5.92 Å². The summed E-state index contributed by atoms with van der Waals surface area (Å²) < 4.78 is 5.21. The van der Waals surface area contributed by atoms with Gasteiger partial charge in [-0.3, -0.25) is 4.79 Å². The Morgan fingerprint density at radius 2 is 1.50 bits per heavy atom. The van der Waals surface area contributed by atoms with Gasteiger partial charge in [-0.15, -0.1) is 0 Å². The lowest BCUT2D eigenvalue weighted by Crippen LogP contribution is -2.55. The van der Waals surface area contributed by atoms with Gasteiger partial charge in [-0.05, 0) is 29.9 Å². The predicted molar refractivity (Wildman–Crippen MR) is 115 cm³/mol. The number of rotatable bonds is 10. The maximum absolute atomic E-state index is 12.8. The van der Waals surface area contributed by atoms with Crippen molar-refractivity contribution < 1.29 is 24.4 Å². The van der Waals surface area contributed by atoms with Crippen LogP contribution in [0.1, 0.15) is 31.4 Å². The van der Waals surface area contributed by atoms with Crippen LogP contribution in [0.5, 0.6) is 0 Å². The Morgan fingerprint density at radius 1 is 0.933 bits per heavy atom. The van der Waals surface area contributed by atoms with Crippen LogP contribution in [0.2, 0.25) is 0 Å². The second-order valence-corrected chi connectivity index (χ2v) is 7.61. The van der Waals surface area contributed by atoms with Gasteiger partial charge in [-0.2, -0.15) is 0 Å². The topological polar surface area (TPSA) is 108 Å². The molecule has 0 fully saturated rings. The van der Waals surface area contributed by atoms with E-state index in [0.29, 0.717) is 6.42 Å². The lowest BCUT2D eigenvalue weighted by molar-refractivity contribution is -0.123. The van der Waals surface area contributed by atoms with Crippen molar-refractivity contribution in [2.75, 3.05) is 0 Å². The SMILES string of the molecule is CC(C)C[C@H](NC(=O)OCc1ccccc1)C(=O)N[C@@H](Cc1ccccc1)B(O)O. The Balaban J connectivity index is 1.97. The number of carbonyl (C=O) groups excluding carboxylic acids is 2. The third-order valence-corrected chi connectivity index (χ3v) is 4.51. The van der Waals surface area contributed by atoms with E-state index in [4.69, 9.17) is 4.74 Å². The van der Waals surface area contributed by atoms with Crippen LogP contribution in [0.25, 0.3) is 0 Å². The fourth-order valence-electron chi connectivity index (χ4n) is 2.99. The van der Waals surface area contributed by atoms with E-state index in [9.17, 15) is 19.6 Å². The van der Waals surface area contributed by atoms with Gasteiger partial charge in [0.15, 0.2) is 0 Å². The highest BCUT2D eigenvalue weighted by molar-refractivity contribution is 6.43. The Labute approximate surface area is 177 Å². The average molecular weight is 412 g/mol. The molecule has 0 radical (unpaired) electrons. The minimum absolute atomic E-state index is 0.0919. The number of ether oxygens (including phenoxy) is 1. The molecule has 0 heterocycles. The van der Waals surface area contributed by atoms with Gasteiger partial charge in [0, 0.05) is 0 Å². The van der Waals surface area contributed by atoms with Crippen molar-refractivity contribution >= 4 is 19.1 Å². The molecule has 2 atom stereocenters. The fourth-order valence-corrected chi connectivity index (χ4v) is 2.99. The zero-order valence-corrected chi connectivity index (χ0v) is 17.3. The molecule has 2 rings (SSSR count). The molecule has 0 unspecified atom stereocenters. The molecular formula is C22H29BN2O5. The highest BCUT2D eigenvalue weighted by Gasteiger charge is 2.30. The minimum Gasteiger partial charge on any atom is -0.445 e. The Bertz CT molecular complexity index is 787. The number of alkyl carbamates (subject to hydrolysis) is 1. The summed E-state index contributed by atoms with van der Waals surface area (Å²) in [5, 5.41) is 24.6. The van der Waals surface area contributed by atoms with Crippen LogP contribution in [0.15, 0.2) is 60.7 Å². The summed E-state index contributed by atoms with van der Waals surface area (Å²) in [4.78, 5) is 25.0. The van der Waals surface area contributed by atoms with Crippen LogP contribution >= 0.6 is 0 Å². The molecule has 0 aliphatic carbocycles. The van der Waals surface area contributed by atoms with Crippen molar-refractivity contribution in [1.29, 1.82) is 0 Å². The number of hydrogen-bond acceptors (Lipinski definition) is 5.